The molecule has 2 aliphatic rings. The number of thiophene rings is 1. The summed E-state index contributed by atoms with van der Waals surface area (Å²) in [5.74, 6) is 0. The third-order valence-corrected chi connectivity index (χ3v) is 7.16. The molecule has 5 rings (SSSR count). The van der Waals surface area contributed by atoms with Crippen LogP contribution in [-0.4, -0.2) is 43.8 Å². The van der Waals surface area contributed by atoms with Gasteiger partial charge in [-0.1, -0.05) is 34.1 Å². The summed E-state index contributed by atoms with van der Waals surface area (Å²) in [7, 11) is 2.20. The molecule has 1 unspecified atom stereocenters. The first-order valence-electron chi connectivity index (χ1n) is 10.4. The fraction of sp³-hybridized carbons (Fsp3) is 0.292. The molecule has 0 saturated carbocycles. The van der Waals surface area contributed by atoms with Crippen LogP contribution in [0, 0.1) is 0 Å². The summed E-state index contributed by atoms with van der Waals surface area (Å²) in [6, 6.07) is 19.9. The first kappa shape index (κ1) is 19.8. The van der Waals surface area contributed by atoms with Crippen LogP contribution in [0.4, 0.5) is 11.4 Å². The fourth-order valence-electron chi connectivity index (χ4n) is 4.20. The number of hydrogen-bond donors (Lipinski definition) is 0. The van der Waals surface area contributed by atoms with E-state index in [4.69, 9.17) is 5.10 Å². The molecule has 0 spiro atoms. The zero-order chi connectivity index (χ0) is 20.5. The predicted octanol–water partition coefficient (Wildman–Crippen LogP) is 5.62. The summed E-state index contributed by atoms with van der Waals surface area (Å²) < 4.78 is 1.07. The lowest BCUT2D eigenvalue weighted by atomic mass is 9.99. The highest BCUT2D eigenvalue weighted by Gasteiger charge is 2.30. The Morgan fingerprint density at radius 2 is 1.77 bits per heavy atom. The van der Waals surface area contributed by atoms with Gasteiger partial charge in [0.1, 0.15) is 0 Å². The number of hydrogen-bond acceptors (Lipinski definition) is 5. The van der Waals surface area contributed by atoms with Gasteiger partial charge in [-0.05, 0) is 59.8 Å². The highest BCUT2D eigenvalue weighted by Crippen LogP contribution is 2.38. The average molecular weight is 481 g/mol. The second-order valence-electron chi connectivity index (χ2n) is 7.98. The molecular formula is C24H25BrN4S. The molecule has 154 valence electrons. The summed E-state index contributed by atoms with van der Waals surface area (Å²) >= 11 is 5.34. The smallest absolute Gasteiger partial charge is 0.0831 e. The molecule has 0 N–H and O–H groups in total. The lowest BCUT2D eigenvalue weighted by Gasteiger charge is -2.34. The molecule has 0 radical (unpaired) electrons. The normalized spacial score (nSPS) is 19.9. The lowest BCUT2D eigenvalue weighted by molar-refractivity contribution is 0.313. The van der Waals surface area contributed by atoms with Crippen molar-refractivity contribution in [1.82, 2.24) is 4.90 Å². The van der Waals surface area contributed by atoms with E-state index in [0.717, 1.165) is 48.5 Å². The third kappa shape index (κ3) is 4.04. The molecule has 1 saturated heterocycles. The van der Waals surface area contributed by atoms with Crippen LogP contribution in [0.15, 0.2) is 74.9 Å². The monoisotopic (exact) mass is 480 g/mol. The summed E-state index contributed by atoms with van der Waals surface area (Å²) in [6.07, 6.45) is 0.914. The molecule has 0 amide bonds. The minimum atomic E-state index is 0.204. The van der Waals surface area contributed by atoms with Gasteiger partial charge in [-0.25, -0.2) is 0 Å². The zero-order valence-corrected chi connectivity index (χ0v) is 19.4. The minimum Gasteiger partial charge on any atom is -0.369 e. The Morgan fingerprint density at radius 1 is 0.967 bits per heavy atom. The maximum Gasteiger partial charge on any atom is 0.0831 e. The Kier molecular flexibility index (Phi) is 5.63. The summed E-state index contributed by atoms with van der Waals surface area (Å²) in [5.41, 5.74) is 6.13. The number of hydrazone groups is 1. The Balaban J connectivity index is 1.43. The van der Waals surface area contributed by atoms with E-state index in [2.05, 4.69) is 103 Å². The molecule has 3 aromatic rings. The second kappa shape index (κ2) is 8.53. The Bertz CT molecular complexity index is 1020. The third-order valence-electron chi connectivity index (χ3n) is 5.98. The van der Waals surface area contributed by atoms with Crippen LogP contribution in [0.25, 0.3) is 0 Å². The quantitative estimate of drug-likeness (QED) is 0.483. The van der Waals surface area contributed by atoms with Crippen molar-refractivity contribution in [2.75, 3.05) is 43.1 Å². The van der Waals surface area contributed by atoms with E-state index < -0.39 is 0 Å². The number of nitrogens with zero attached hydrogens (tertiary/aromatic N) is 4. The number of rotatable bonds is 4. The van der Waals surface area contributed by atoms with Crippen LogP contribution >= 0.6 is 27.3 Å². The molecule has 1 aromatic heterocycles. The van der Waals surface area contributed by atoms with Gasteiger partial charge in [-0.15, -0.1) is 0 Å². The van der Waals surface area contributed by atoms with Crippen LogP contribution < -0.4 is 9.91 Å². The molecule has 0 bridgehead atoms. The molecule has 2 aliphatic heterocycles. The molecule has 6 heteroatoms. The van der Waals surface area contributed by atoms with E-state index in [1.54, 1.807) is 11.3 Å². The topological polar surface area (TPSA) is 22.1 Å². The number of halogens is 1. The van der Waals surface area contributed by atoms with E-state index in [9.17, 15) is 0 Å². The van der Waals surface area contributed by atoms with E-state index >= 15 is 0 Å². The minimum absolute atomic E-state index is 0.204. The molecular weight excluding hydrogens is 456 g/mol. The molecule has 4 nitrogen and oxygen atoms in total. The van der Waals surface area contributed by atoms with Gasteiger partial charge in [0.2, 0.25) is 0 Å². The number of benzene rings is 2. The molecule has 30 heavy (non-hydrogen) atoms. The second-order valence-corrected chi connectivity index (χ2v) is 9.68. The molecule has 1 fully saturated rings. The first-order chi connectivity index (χ1) is 14.7. The predicted molar refractivity (Wildman–Crippen MR) is 131 cm³/mol. The molecule has 0 aliphatic carbocycles. The number of likely N-dealkylation sites (N-methyl/N-ethyl adjacent to an activating group) is 1. The van der Waals surface area contributed by atoms with Gasteiger partial charge >= 0.3 is 0 Å². The van der Waals surface area contributed by atoms with Gasteiger partial charge in [0.25, 0.3) is 0 Å². The van der Waals surface area contributed by atoms with Crippen molar-refractivity contribution in [2.24, 2.45) is 5.10 Å². The van der Waals surface area contributed by atoms with E-state index in [-0.39, 0.29) is 6.04 Å². The van der Waals surface area contributed by atoms with Gasteiger partial charge in [-0.2, -0.15) is 16.4 Å². The number of anilines is 2. The van der Waals surface area contributed by atoms with Gasteiger partial charge in [-0.3, -0.25) is 5.01 Å². The Hall–Kier alpha value is -2.15. The fourth-order valence-corrected chi connectivity index (χ4v) is 5.25. The van der Waals surface area contributed by atoms with Crippen LogP contribution in [-0.2, 0) is 0 Å². The van der Waals surface area contributed by atoms with Gasteiger partial charge in [0.15, 0.2) is 0 Å². The highest BCUT2D eigenvalue weighted by atomic mass is 79.9. The van der Waals surface area contributed by atoms with Crippen LogP contribution in [0.2, 0.25) is 0 Å². The summed E-state index contributed by atoms with van der Waals surface area (Å²) in [6.45, 7) is 4.43. The van der Waals surface area contributed by atoms with Crippen molar-refractivity contribution in [2.45, 2.75) is 12.5 Å². The van der Waals surface area contributed by atoms with Gasteiger partial charge in [0.05, 0.1) is 17.4 Å². The first-order valence-corrected chi connectivity index (χ1v) is 12.1. The van der Waals surface area contributed by atoms with Gasteiger partial charge in [0, 0.05) is 48.3 Å². The van der Waals surface area contributed by atoms with Crippen molar-refractivity contribution in [3.05, 3.63) is 81.0 Å². The standard InChI is InChI=1S/C24H25BrN4S/c1-27-10-12-28(13-11-27)21-7-5-18(6-8-21)24-16-23(19-9-14-30-17-19)26-29(24)22-4-2-3-20(25)15-22/h2-9,14-15,17,24H,10-13,16H2,1H3. The summed E-state index contributed by atoms with van der Waals surface area (Å²) in [5, 5.41) is 11.5. The Labute approximate surface area is 190 Å². The average Bonchev–Trinajstić information content (AvgIpc) is 3.45. The van der Waals surface area contributed by atoms with Crippen molar-refractivity contribution in [1.29, 1.82) is 0 Å². The van der Waals surface area contributed by atoms with E-state index in [1.807, 2.05) is 0 Å². The van der Waals surface area contributed by atoms with Crippen molar-refractivity contribution < 1.29 is 0 Å². The lowest BCUT2D eigenvalue weighted by Crippen LogP contribution is -2.44. The molecule has 3 heterocycles. The maximum atomic E-state index is 5.04. The van der Waals surface area contributed by atoms with Crippen LogP contribution in [0.5, 0.6) is 0 Å². The summed E-state index contributed by atoms with van der Waals surface area (Å²) in [4.78, 5) is 4.88. The van der Waals surface area contributed by atoms with Crippen LogP contribution in [0.1, 0.15) is 23.6 Å². The Morgan fingerprint density at radius 3 is 2.47 bits per heavy atom. The van der Waals surface area contributed by atoms with Crippen molar-refractivity contribution in [3.8, 4) is 0 Å². The van der Waals surface area contributed by atoms with Crippen LogP contribution in [0.3, 0.4) is 0 Å². The van der Waals surface area contributed by atoms with E-state index in [1.165, 1.54) is 16.8 Å². The number of piperazine rings is 1. The highest BCUT2D eigenvalue weighted by molar-refractivity contribution is 9.10. The SMILES string of the molecule is CN1CCN(c2ccc(C3CC(c4ccsc4)=NN3c3cccc(Br)c3)cc2)CC1. The van der Waals surface area contributed by atoms with Gasteiger partial charge < -0.3 is 9.80 Å². The zero-order valence-electron chi connectivity index (χ0n) is 17.0. The molecule has 1 atom stereocenters. The van der Waals surface area contributed by atoms with Crippen molar-refractivity contribution in [3.63, 3.8) is 0 Å². The van der Waals surface area contributed by atoms with E-state index in [0.29, 0.717) is 0 Å². The molecule has 2 aromatic carbocycles. The maximum absolute atomic E-state index is 5.04. The largest absolute Gasteiger partial charge is 0.369 e. The van der Waals surface area contributed by atoms with Crippen molar-refractivity contribution >= 4 is 44.4 Å².